The van der Waals surface area contributed by atoms with Gasteiger partial charge in [-0.2, -0.15) is 0 Å². The second kappa shape index (κ2) is 6.78. The zero-order valence-corrected chi connectivity index (χ0v) is 12.5. The Morgan fingerprint density at radius 2 is 1.95 bits per heavy atom. The van der Waals surface area contributed by atoms with Gasteiger partial charge in [0.15, 0.2) is 0 Å². The maximum Gasteiger partial charge on any atom is 0.125 e. The Hall–Kier alpha value is -1.26. The molecular formula is C15H20N2OS. The second-order valence-corrected chi connectivity index (χ2v) is 5.29. The van der Waals surface area contributed by atoms with Crippen molar-refractivity contribution >= 4 is 11.8 Å². The van der Waals surface area contributed by atoms with Gasteiger partial charge in [0.1, 0.15) is 17.6 Å². The molecule has 0 aliphatic rings. The van der Waals surface area contributed by atoms with Crippen molar-refractivity contribution in [1.82, 2.24) is 9.55 Å². The first-order valence-corrected chi connectivity index (χ1v) is 7.44. The third-order valence-corrected chi connectivity index (χ3v) is 4.05. The highest BCUT2D eigenvalue weighted by atomic mass is 32.2. The molecule has 3 nitrogen and oxygen atoms in total. The van der Waals surface area contributed by atoms with Gasteiger partial charge in [0.05, 0.1) is 5.69 Å². The van der Waals surface area contributed by atoms with Crippen molar-refractivity contribution in [2.24, 2.45) is 0 Å². The molecule has 0 fully saturated rings. The van der Waals surface area contributed by atoms with Gasteiger partial charge in [0.25, 0.3) is 0 Å². The second-order valence-electron chi connectivity index (χ2n) is 4.23. The molecule has 0 aliphatic heterocycles. The normalized spacial score (nSPS) is 10.9. The van der Waals surface area contributed by atoms with Gasteiger partial charge in [0.2, 0.25) is 0 Å². The number of nitrogens with zero attached hydrogens (tertiary/aromatic N) is 2. The van der Waals surface area contributed by atoms with Crippen LogP contribution in [0.3, 0.4) is 0 Å². The SMILES string of the molecule is CCOCn1c(C)nc(CC)c1Sc1ccccc1. The molecule has 1 aromatic carbocycles. The Bertz CT molecular complexity index is 522. The summed E-state index contributed by atoms with van der Waals surface area (Å²) >= 11 is 1.76. The molecule has 0 amide bonds. The molecule has 102 valence electrons. The highest BCUT2D eigenvalue weighted by molar-refractivity contribution is 7.99. The molecule has 0 saturated carbocycles. The minimum Gasteiger partial charge on any atom is -0.361 e. The molecule has 0 aliphatic carbocycles. The standard InChI is InChI=1S/C15H20N2OS/c1-4-14-15(19-13-9-7-6-8-10-13)17(11-18-5-2)12(3)16-14/h6-10H,4-5,11H2,1-3H3. The summed E-state index contributed by atoms with van der Waals surface area (Å²) in [5, 5.41) is 1.19. The summed E-state index contributed by atoms with van der Waals surface area (Å²) in [6.45, 7) is 7.48. The van der Waals surface area contributed by atoms with E-state index < -0.39 is 0 Å². The summed E-state index contributed by atoms with van der Waals surface area (Å²) in [4.78, 5) is 5.87. The van der Waals surface area contributed by atoms with E-state index in [0.717, 1.165) is 17.9 Å². The summed E-state index contributed by atoms with van der Waals surface area (Å²) in [5.74, 6) is 1.02. The van der Waals surface area contributed by atoms with E-state index in [1.54, 1.807) is 11.8 Å². The van der Waals surface area contributed by atoms with Crippen LogP contribution in [0.4, 0.5) is 0 Å². The quantitative estimate of drug-likeness (QED) is 0.800. The van der Waals surface area contributed by atoms with Crippen molar-refractivity contribution in [3.8, 4) is 0 Å². The van der Waals surface area contributed by atoms with Crippen LogP contribution in [-0.4, -0.2) is 16.2 Å². The average molecular weight is 276 g/mol. The van der Waals surface area contributed by atoms with Crippen molar-refractivity contribution < 1.29 is 4.74 Å². The largest absolute Gasteiger partial charge is 0.361 e. The molecule has 2 rings (SSSR count). The van der Waals surface area contributed by atoms with Crippen LogP contribution in [0.15, 0.2) is 40.3 Å². The maximum absolute atomic E-state index is 5.55. The van der Waals surface area contributed by atoms with Gasteiger partial charge in [-0.3, -0.25) is 4.57 Å². The minimum atomic E-state index is 0.574. The van der Waals surface area contributed by atoms with Crippen LogP contribution in [0.2, 0.25) is 0 Å². The van der Waals surface area contributed by atoms with Gasteiger partial charge >= 0.3 is 0 Å². The summed E-state index contributed by atoms with van der Waals surface area (Å²) < 4.78 is 7.70. The zero-order chi connectivity index (χ0) is 13.7. The number of rotatable bonds is 6. The molecule has 1 aromatic heterocycles. The Labute approximate surface area is 119 Å². The predicted molar refractivity (Wildman–Crippen MR) is 78.5 cm³/mol. The number of hydrogen-bond acceptors (Lipinski definition) is 3. The highest BCUT2D eigenvalue weighted by Crippen LogP contribution is 2.31. The van der Waals surface area contributed by atoms with Crippen LogP contribution >= 0.6 is 11.8 Å². The van der Waals surface area contributed by atoms with Crippen molar-refractivity contribution in [2.45, 2.75) is 43.8 Å². The first kappa shape index (κ1) is 14.2. The van der Waals surface area contributed by atoms with Crippen molar-refractivity contribution in [3.05, 3.63) is 41.9 Å². The molecular weight excluding hydrogens is 256 g/mol. The first-order valence-electron chi connectivity index (χ1n) is 6.62. The van der Waals surface area contributed by atoms with Gasteiger partial charge in [-0.25, -0.2) is 4.98 Å². The molecule has 19 heavy (non-hydrogen) atoms. The van der Waals surface area contributed by atoms with Crippen LogP contribution in [0.25, 0.3) is 0 Å². The molecule has 0 saturated heterocycles. The topological polar surface area (TPSA) is 27.1 Å². The fourth-order valence-corrected chi connectivity index (χ4v) is 3.00. The van der Waals surface area contributed by atoms with E-state index in [9.17, 15) is 0 Å². The molecule has 0 N–H and O–H groups in total. The fourth-order valence-electron chi connectivity index (χ4n) is 1.89. The summed E-state index contributed by atoms with van der Waals surface area (Å²) in [7, 11) is 0. The van der Waals surface area contributed by atoms with Crippen LogP contribution in [-0.2, 0) is 17.9 Å². The third-order valence-electron chi connectivity index (χ3n) is 2.90. The van der Waals surface area contributed by atoms with Crippen LogP contribution in [0.1, 0.15) is 25.4 Å². The lowest BCUT2D eigenvalue weighted by Gasteiger charge is -2.10. The lowest BCUT2D eigenvalue weighted by molar-refractivity contribution is 0.0809. The van der Waals surface area contributed by atoms with E-state index in [1.807, 2.05) is 19.9 Å². The van der Waals surface area contributed by atoms with Crippen LogP contribution in [0, 0.1) is 6.92 Å². The summed E-state index contributed by atoms with van der Waals surface area (Å²) in [6, 6.07) is 10.4. The molecule has 4 heteroatoms. The number of aryl methyl sites for hydroxylation is 2. The lowest BCUT2D eigenvalue weighted by Crippen LogP contribution is -2.05. The van der Waals surface area contributed by atoms with Crippen molar-refractivity contribution in [2.75, 3.05) is 6.61 Å². The molecule has 0 bridgehead atoms. The molecule has 0 atom stereocenters. The van der Waals surface area contributed by atoms with Crippen LogP contribution < -0.4 is 0 Å². The fraction of sp³-hybridized carbons (Fsp3) is 0.400. The molecule has 0 radical (unpaired) electrons. The number of imidazole rings is 1. The third kappa shape index (κ3) is 3.39. The van der Waals surface area contributed by atoms with E-state index in [1.165, 1.54) is 9.92 Å². The zero-order valence-electron chi connectivity index (χ0n) is 11.7. The van der Waals surface area contributed by atoms with E-state index in [2.05, 4.69) is 40.7 Å². The number of benzene rings is 1. The monoisotopic (exact) mass is 276 g/mol. The minimum absolute atomic E-state index is 0.574. The van der Waals surface area contributed by atoms with E-state index in [-0.39, 0.29) is 0 Å². The Morgan fingerprint density at radius 1 is 1.21 bits per heavy atom. The average Bonchev–Trinajstić information content (AvgIpc) is 2.73. The maximum atomic E-state index is 5.55. The Balaban J connectivity index is 2.30. The smallest absolute Gasteiger partial charge is 0.125 e. The van der Waals surface area contributed by atoms with E-state index >= 15 is 0 Å². The van der Waals surface area contributed by atoms with E-state index in [4.69, 9.17) is 4.74 Å². The van der Waals surface area contributed by atoms with Gasteiger partial charge in [-0.1, -0.05) is 36.9 Å². The Kier molecular flexibility index (Phi) is 5.05. The number of ether oxygens (including phenoxy) is 1. The summed E-state index contributed by atoms with van der Waals surface area (Å²) in [6.07, 6.45) is 0.940. The molecule has 2 aromatic rings. The number of hydrogen-bond donors (Lipinski definition) is 0. The van der Waals surface area contributed by atoms with Gasteiger partial charge in [0, 0.05) is 11.5 Å². The molecule has 0 spiro atoms. The van der Waals surface area contributed by atoms with E-state index in [0.29, 0.717) is 13.3 Å². The first-order chi connectivity index (χ1) is 9.26. The lowest BCUT2D eigenvalue weighted by atomic mass is 10.4. The van der Waals surface area contributed by atoms with Crippen molar-refractivity contribution in [3.63, 3.8) is 0 Å². The summed E-state index contributed by atoms with van der Waals surface area (Å²) in [5.41, 5.74) is 1.14. The molecule has 1 heterocycles. The van der Waals surface area contributed by atoms with Gasteiger partial charge in [-0.05, 0) is 32.4 Å². The Morgan fingerprint density at radius 3 is 2.58 bits per heavy atom. The van der Waals surface area contributed by atoms with Crippen molar-refractivity contribution in [1.29, 1.82) is 0 Å². The number of aromatic nitrogens is 2. The van der Waals surface area contributed by atoms with Gasteiger partial charge < -0.3 is 4.74 Å². The predicted octanol–water partition coefficient (Wildman–Crippen LogP) is 3.90. The van der Waals surface area contributed by atoms with Crippen LogP contribution in [0.5, 0.6) is 0 Å². The molecule has 0 unspecified atom stereocenters. The highest BCUT2D eigenvalue weighted by Gasteiger charge is 2.14. The van der Waals surface area contributed by atoms with Gasteiger partial charge in [-0.15, -0.1) is 0 Å².